The van der Waals surface area contributed by atoms with E-state index in [1.165, 1.54) is 24.3 Å². The Morgan fingerprint density at radius 2 is 1.54 bits per heavy atom. The van der Waals surface area contributed by atoms with E-state index < -0.39 is 0 Å². The molecule has 1 N–H and O–H groups in total. The number of nitrogens with zero attached hydrogens (tertiary/aromatic N) is 3. The minimum Gasteiger partial charge on any atom is -0.335 e. The minimum atomic E-state index is -0.387. The minimum absolute atomic E-state index is 0.177. The van der Waals surface area contributed by atoms with Crippen LogP contribution < -0.4 is 5.43 Å². The van der Waals surface area contributed by atoms with E-state index in [9.17, 15) is 18.8 Å². The topological polar surface area (TPSA) is 82.1 Å². The zero-order valence-electron chi connectivity index (χ0n) is 13.0. The van der Waals surface area contributed by atoms with Gasteiger partial charge in [0.15, 0.2) is 0 Å². The van der Waals surface area contributed by atoms with Crippen molar-refractivity contribution in [1.29, 1.82) is 0 Å². The van der Waals surface area contributed by atoms with Gasteiger partial charge in [0.05, 0.1) is 0 Å². The van der Waals surface area contributed by atoms with Gasteiger partial charge in [-0.25, -0.2) is 9.82 Å². The van der Waals surface area contributed by atoms with Crippen molar-refractivity contribution < 1.29 is 18.8 Å². The van der Waals surface area contributed by atoms with Crippen LogP contribution in [0.5, 0.6) is 0 Å². The van der Waals surface area contributed by atoms with E-state index in [1.54, 1.807) is 9.80 Å². The van der Waals surface area contributed by atoms with Crippen LogP contribution in [0.2, 0.25) is 0 Å². The third-order valence-electron chi connectivity index (χ3n) is 4.10. The maximum absolute atomic E-state index is 12.9. The summed E-state index contributed by atoms with van der Waals surface area (Å²) in [6.45, 7) is 1.61. The highest BCUT2D eigenvalue weighted by atomic mass is 19.1. The van der Waals surface area contributed by atoms with Crippen LogP contribution in [0.15, 0.2) is 29.4 Å². The van der Waals surface area contributed by atoms with Gasteiger partial charge in [0.2, 0.25) is 5.91 Å². The number of halogens is 1. The van der Waals surface area contributed by atoms with E-state index >= 15 is 0 Å². The third-order valence-corrected chi connectivity index (χ3v) is 4.10. The van der Waals surface area contributed by atoms with Gasteiger partial charge in [0.1, 0.15) is 11.5 Å². The van der Waals surface area contributed by atoms with Gasteiger partial charge in [0, 0.05) is 44.6 Å². The van der Waals surface area contributed by atoms with Crippen molar-refractivity contribution >= 4 is 23.4 Å². The quantitative estimate of drug-likeness (QED) is 0.850. The van der Waals surface area contributed by atoms with Crippen molar-refractivity contribution in [3.8, 4) is 0 Å². The zero-order chi connectivity index (χ0) is 17.1. The maximum atomic E-state index is 12.9. The monoisotopic (exact) mass is 332 g/mol. The fraction of sp³-hybridized carbons (Fsp3) is 0.375. The Balaban J connectivity index is 1.57. The molecule has 24 heavy (non-hydrogen) atoms. The second-order valence-electron chi connectivity index (χ2n) is 5.68. The summed E-state index contributed by atoms with van der Waals surface area (Å²) >= 11 is 0. The van der Waals surface area contributed by atoms with Gasteiger partial charge in [-0.3, -0.25) is 14.4 Å². The Hall–Kier alpha value is -2.77. The van der Waals surface area contributed by atoms with Crippen LogP contribution in [0.1, 0.15) is 23.2 Å². The lowest BCUT2D eigenvalue weighted by molar-refractivity contribution is -0.126. The maximum Gasteiger partial charge on any atom is 0.270 e. The first-order valence-electron chi connectivity index (χ1n) is 7.74. The number of carbonyl (C=O) groups excluding carboxylic acids is 3. The van der Waals surface area contributed by atoms with Crippen LogP contribution in [-0.2, 0) is 9.59 Å². The summed E-state index contributed by atoms with van der Waals surface area (Å²) in [5.41, 5.74) is 3.08. The van der Waals surface area contributed by atoms with E-state index in [-0.39, 0.29) is 30.0 Å². The van der Waals surface area contributed by atoms with Gasteiger partial charge in [-0.1, -0.05) is 0 Å². The first-order chi connectivity index (χ1) is 11.5. The molecule has 7 nitrogen and oxygen atoms in total. The fourth-order valence-corrected chi connectivity index (χ4v) is 2.70. The normalized spacial score (nSPS) is 18.0. The summed E-state index contributed by atoms with van der Waals surface area (Å²) in [5.74, 6) is -0.961. The van der Waals surface area contributed by atoms with Crippen molar-refractivity contribution in [2.75, 3.05) is 26.2 Å². The number of benzene rings is 1. The number of hydrogen-bond acceptors (Lipinski definition) is 4. The standard InChI is InChI=1S/C16H17FN4O3/c17-12-3-1-11(2-4-12)15(23)20-7-9-21(10-8-20)16(24)13-5-6-14(22)19-18-13/h1-4H,5-10H2,(H,19,22). The van der Waals surface area contributed by atoms with Crippen molar-refractivity contribution in [2.45, 2.75) is 12.8 Å². The molecule has 1 fully saturated rings. The molecule has 0 saturated carbocycles. The van der Waals surface area contributed by atoms with Crippen LogP contribution in [0.25, 0.3) is 0 Å². The molecule has 0 radical (unpaired) electrons. The Morgan fingerprint density at radius 3 is 2.08 bits per heavy atom. The van der Waals surface area contributed by atoms with Gasteiger partial charge in [0.25, 0.3) is 11.8 Å². The number of piperazine rings is 1. The zero-order valence-corrected chi connectivity index (χ0v) is 13.0. The van der Waals surface area contributed by atoms with Crippen molar-refractivity contribution in [2.24, 2.45) is 5.10 Å². The summed E-state index contributed by atoms with van der Waals surface area (Å²) < 4.78 is 12.9. The second kappa shape index (κ2) is 6.77. The largest absolute Gasteiger partial charge is 0.335 e. The molecule has 0 unspecified atom stereocenters. The summed E-state index contributed by atoms with van der Waals surface area (Å²) in [7, 11) is 0. The van der Waals surface area contributed by atoms with E-state index in [0.29, 0.717) is 43.9 Å². The average molecular weight is 332 g/mol. The Morgan fingerprint density at radius 1 is 0.958 bits per heavy atom. The van der Waals surface area contributed by atoms with Gasteiger partial charge >= 0.3 is 0 Å². The summed E-state index contributed by atoms with van der Waals surface area (Å²) in [5, 5.41) is 3.81. The third kappa shape index (κ3) is 3.42. The molecule has 126 valence electrons. The molecule has 8 heteroatoms. The summed E-state index contributed by atoms with van der Waals surface area (Å²) in [6.07, 6.45) is 0.590. The molecule has 0 aliphatic carbocycles. The number of nitrogens with one attached hydrogen (secondary N) is 1. The first kappa shape index (κ1) is 16.1. The van der Waals surface area contributed by atoms with E-state index in [0.717, 1.165) is 0 Å². The lowest BCUT2D eigenvalue weighted by Gasteiger charge is -2.35. The smallest absolute Gasteiger partial charge is 0.270 e. The summed E-state index contributed by atoms with van der Waals surface area (Å²) in [6, 6.07) is 5.41. The van der Waals surface area contributed by atoms with Gasteiger partial charge < -0.3 is 9.80 Å². The number of rotatable bonds is 2. The van der Waals surface area contributed by atoms with Crippen LogP contribution >= 0.6 is 0 Å². The molecular weight excluding hydrogens is 315 g/mol. The SMILES string of the molecule is O=C1CCC(C(=O)N2CCN(C(=O)c3ccc(F)cc3)CC2)=NN1. The summed E-state index contributed by atoms with van der Waals surface area (Å²) in [4.78, 5) is 39.0. The lowest BCUT2D eigenvalue weighted by Crippen LogP contribution is -2.52. The van der Waals surface area contributed by atoms with E-state index in [2.05, 4.69) is 10.5 Å². The van der Waals surface area contributed by atoms with Crippen LogP contribution in [0.4, 0.5) is 4.39 Å². The second-order valence-corrected chi connectivity index (χ2v) is 5.68. The predicted octanol–water partition coefficient (Wildman–Crippen LogP) is 0.376. The molecular formula is C16H17FN4O3. The van der Waals surface area contributed by atoms with Crippen LogP contribution in [0, 0.1) is 5.82 Å². The molecule has 1 aromatic carbocycles. The molecule has 2 aliphatic heterocycles. The van der Waals surface area contributed by atoms with Gasteiger partial charge in [-0.15, -0.1) is 0 Å². The molecule has 0 spiro atoms. The van der Waals surface area contributed by atoms with E-state index in [1.807, 2.05) is 0 Å². The Labute approximate surface area is 138 Å². The number of hydrazone groups is 1. The van der Waals surface area contributed by atoms with Crippen molar-refractivity contribution in [1.82, 2.24) is 15.2 Å². The Bertz CT molecular complexity index is 694. The molecule has 0 atom stereocenters. The molecule has 0 aromatic heterocycles. The predicted molar refractivity (Wildman–Crippen MR) is 83.7 cm³/mol. The highest BCUT2D eigenvalue weighted by Gasteiger charge is 2.28. The Kier molecular flexibility index (Phi) is 4.54. The number of carbonyl (C=O) groups is 3. The molecule has 0 bridgehead atoms. The van der Waals surface area contributed by atoms with Crippen LogP contribution in [-0.4, -0.2) is 59.4 Å². The molecule has 1 saturated heterocycles. The highest BCUT2D eigenvalue weighted by Crippen LogP contribution is 2.11. The van der Waals surface area contributed by atoms with Crippen molar-refractivity contribution in [3.05, 3.63) is 35.6 Å². The molecule has 3 rings (SSSR count). The molecule has 2 heterocycles. The average Bonchev–Trinajstić information content (AvgIpc) is 2.62. The number of hydrogen-bond donors (Lipinski definition) is 1. The van der Waals surface area contributed by atoms with Gasteiger partial charge in [-0.2, -0.15) is 5.10 Å². The van der Waals surface area contributed by atoms with Gasteiger partial charge in [-0.05, 0) is 24.3 Å². The molecule has 3 amide bonds. The number of amides is 3. The lowest BCUT2D eigenvalue weighted by atomic mass is 10.1. The molecule has 1 aromatic rings. The molecule has 2 aliphatic rings. The van der Waals surface area contributed by atoms with Crippen LogP contribution in [0.3, 0.4) is 0 Å². The fourth-order valence-electron chi connectivity index (χ4n) is 2.70. The highest BCUT2D eigenvalue weighted by molar-refractivity contribution is 6.39. The van der Waals surface area contributed by atoms with Crippen molar-refractivity contribution in [3.63, 3.8) is 0 Å². The first-order valence-corrected chi connectivity index (χ1v) is 7.74. The van der Waals surface area contributed by atoms with E-state index in [4.69, 9.17) is 0 Å².